The Morgan fingerprint density at radius 2 is 1.67 bits per heavy atom. The molecule has 0 bridgehead atoms. The fourth-order valence-corrected chi connectivity index (χ4v) is 3.31. The molecule has 140 valence electrons. The molecule has 0 saturated heterocycles. The van der Waals surface area contributed by atoms with E-state index in [1.807, 2.05) is 18.2 Å². The lowest BCUT2D eigenvalue weighted by Gasteiger charge is -2.13. The predicted octanol–water partition coefficient (Wildman–Crippen LogP) is 3.90. The zero-order valence-electron chi connectivity index (χ0n) is 15.7. The number of rotatable bonds is 7. The standard InChI is InChI=1S/C22H24N2O3/c1-15(2)13-16-7-5-8-17(14-16)23-20(25)11-6-12-24-21(26)18-9-3-4-10-19(18)22(24)27/h3-5,7-10,14-15H,6,11-13H2,1-2H3,(H,23,25). The van der Waals surface area contributed by atoms with E-state index in [0.29, 0.717) is 23.5 Å². The molecule has 0 unspecified atom stereocenters. The van der Waals surface area contributed by atoms with Crippen LogP contribution in [0.5, 0.6) is 0 Å². The van der Waals surface area contributed by atoms with Crippen LogP contribution in [-0.2, 0) is 11.2 Å². The predicted molar refractivity (Wildman–Crippen MR) is 105 cm³/mol. The number of amides is 3. The Balaban J connectivity index is 1.51. The Morgan fingerprint density at radius 1 is 1.00 bits per heavy atom. The third kappa shape index (κ3) is 4.42. The van der Waals surface area contributed by atoms with Gasteiger partial charge in [-0.05, 0) is 48.6 Å². The van der Waals surface area contributed by atoms with Crippen molar-refractivity contribution in [2.75, 3.05) is 11.9 Å². The second kappa shape index (κ2) is 8.16. The third-order valence-corrected chi connectivity index (χ3v) is 4.52. The summed E-state index contributed by atoms with van der Waals surface area (Å²) in [6.45, 7) is 4.56. The molecule has 1 heterocycles. The minimum atomic E-state index is -0.280. The Labute approximate surface area is 159 Å². The molecule has 3 amide bonds. The van der Waals surface area contributed by atoms with Crippen molar-refractivity contribution in [2.24, 2.45) is 5.92 Å². The van der Waals surface area contributed by atoms with E-state index in [-0.39, 0.29) is 30.7 Å². The van der Waals surface area contributed by atoms with Gasteiger partial charge in [-0.3, -0.25) is 19.3 Å². The van der Waals surface area contributed by atoms with Gasteiger partial charge < -0.3 is 5.32 Å². The maximum absolute atomic E-state index is 12.3. The maximum Gasteiger partial charge on any atom is 0.261 e. The van der Waals surface area contributed by atoms with E-state index < -0.39 is 0 Å². The lowest BCUT2D eigenvalue weighted by Crippen LogP contribution is -2.31. The van der Waals surface area contributed by atoms with E-state index in [1.54, 1.807) is 24.3 Å². The second-order valence-corrected chi connectivity index (χ2v) is 7.26. The van der Waals surface area contributed by atoms with Crippen LogP contribution in [0.1, 0.15) is 53.0 Å². The second-order valence-electron chi connectivity index (χ2n) is 7.26. The van der Waals surface area contributed by atoms with Crippen molar-refractivity contribution in [2.45, 2.75) is 33.1 Å². The van der Waals surface area contributed by atoms with E-state index in [4.69, 9.17) is 0 Å². The molecular weight excluding hydrogens is 340 g/mol. The molecule has 1 aliphatic rings. The van der Waals surface area contributed by atoms with Crippen molar-refractivity contribution >= 4 is 23.4 Å². The van der Waals surface area contributed by atoms with Gasteiger partial charge >= 0.3 is 0 Å². The van der Waals surface area contributed by atoms with Crippen molar-refractivity contribution in [1.29, 1.82) is 0 Å². The summed E-state index contributed by atoms with van der Waals surface area (Å²) < 4.78 is 0. The minimum absolute atomic E-state index is 0.117. The minimum Gasteiger partial charge on any atom is -0.326 e. The van der Waals surface area contributed by atoms with Gasteiger partial charge in [-0.25, -0.2) is 0 Å². The fraction of sp³-hybridized carbons (Fsp3) is 0.318. The largest absolute Gasteiger partial charge is 0.326 e. The molecule has 2 aromatic carbocycles. The number of imide groups is 1. The summed E-state index contributed by atoms with van der Waals surface area (Å²) >= 11 is 0. The van der Waals surface area contributed by atoms with Gasteiger partial charge in [0.15, 0.2) is 0 Å². The topological polar surface area (TPSA) is 66.5 Å². The van der Waals surface area contributed by atoms with Crippen molar-refractivity contribution in [3.8, 4) is 0 Å². The van der Waals surface area contributed by atoms with Crippen LogP contribution in [0.25, 0.3) is 0 Å². The highest BCUT2D eigenvalue weighted by atomic mass is 16.2. The van der Waals surface area contributed by atoms with Crippen LogP contribution in [0.3, 0.4) is 0 Å². The number of nitrogens with zero attached hydrogens (tertiary/aromatic N) is 1. The quantitative estimate of drug-likeness (QED) is 0.758. The van der Waals surface area contributed by atoms with E-state index in [2.05, 4.69) is 25.2 Å². The molecule has 0 spiro atoms. The number of benzene rings is 2. The lowest BCUT2D eigenvalue weighted by atomic mass is 10.0. The Bertz CT molecular complexity index is 838. The first-order chi connectivity index (χ1) is 13.0. The number of anilines is 1. The Morgan fingerprint density at radius 3 is 2.30 bits per heavy atom. The van der Waals surface area contributed by atoms with E-state index >= 15 is 0 Å². The highest BCUT2D eigenvalue weighted by Crippen LogP contribution is 2.22. The number of fused-ring (bicyclic) bond motifs is 1. The molecule has 5 heteroatoms. The Kier molecular flexibility index (Phi) is 5.69. The monoisotopic (exact) mass is 364 g/mol. The first-order valence-electron chi connectivity index (χ1n) is 9.29. The molecule has 0 aliphatic carbocycles. The fourth-order valence-electron chi connectivity index (χ4n) is 3.31. The van der Waals surface area contributed by atoms with Crippen LogP contribution in [0.15, 0.2) is 48.5 Å². The summed E-state index contributed by atoms with van der Waals surface area (Å²) in [7, 11) is 0. The lowest BCUT2D eigenvalue weighted by molar-refractivity contribution is -0.116. The third-order valence-electron chi connectivity index (χ3n) is 4.52. The first-order valence-corrected chi connectivity index (χ1v) is 9.29. The molecule has 0 radical (unpaired) electrons. The summed E-state index contributed by atoms with van der Waals surface area (Å²) in [5.74, 6) is -0.126. The van der Waals surface area contributed by atoms with Crippen molar-refractivity contribution in [3.63, 3.8) is 0 Å². The average Bonchev–Trinajstić information content (AvgIpc) is 2.87. The van der Waals surface area contributed by atoms with Gasteiger partial charge in [0.2, 0.25) is 5.91 Å². The summed E-state index contributed by atoms with van der Waals surface area (Å²) in [5, 5.41) is 2.89. The van der Waals surface area contributed by atoms with Gasteiger partial charge in [0.1, 0.15) is 0 Å². The van der Waals surface area contributed by atoms with Crippen LogP contribution in [0, 0.1) is 5.92 Å². The highest BCUT2D eigenvalue weighted by Gasteiger charge is 2.34. The van der Waals surface area contributed by atoms with Crippen molar-refractivity contribution < 1.29 is 14.4 Å². The summed E-state index contributed by atoms with van der Waals surface area (Å²) in [6, 6.07) is 14.7. The van der Waals surface area contributed by atoms with Gasteiger partial charge in [-0.15, -0.1) is 0 Å². The van der Waals surface area contributed by atoms with E-state index in [9.17, 15) is 14.4 Å². The van der Waals surface area contributed by atoms with Crippen LogP contribution in [0.2, 0.25) is 0 Å². The molecule has 1 aliphatic heterocycles. The summed E-state index contributed by atoms with van der Waals surface area (Å²) in [6.07, 6.45) is 1.65. The smallest absolute Gasteiger partial charge is 0.261 e. The molecule has 3 rings (SSSR count). The van der Waals surface area contributed by atoms with Crippen LogP contribution in [-0.4, -0.2) is 29.2 Å². The zero-order chi connectivity index (χ0) is 19.4. The van der Waals surface area contributed by atoms with Gasteiger partial charge in [0.25, 0.3) is 11.8 Å². The van der Waals surface area contributed by atoms with Crippen molar-refractivity contribution in [3.05, 3.63) is 65.2 Å². The average molecular weight is 364 g/mol. The number of hydrogen-bond donors (Lipinski definition) is 1. The van der Waals surface area contributed by atoms with Crippen LogP contribution < -0.4 is 5.32 Å². The number of nitrogens with one attached hydrogen (secondary N) is 1. The first kappa shape index (κ1) is 18.8. The van der Waals surface area contributed by atoms with Gasteiger partial charge in [0.05, 0.1) is 11.1 Å². The molecule has 27 heavy (non-hydrogen) atoms. The van der Waals surface area contributed by atoms with E-state index in [1.165, 1.54) is 10.5 Å². The molecule has 0 aromatic heterocycles. The van der Waals surface area contributed by atoms with Gasteiger partial charge in [-0.2, -0.15) is 0 Å². The molecule has 0 atom stereocenters. The van der Waals surface area contributed by atoms with Gasteiger partial charge in [0, 0.05) is 18.7 Å². The highest BCUT2D eigenvalue weighted by molar-refractivity contribution is 6.21. The molecule has 0 saturated carbocycles. The van der Waals surface area contributed by atoms with Crippen LogP contribution >= 0.6 is 0 Å². The maximum atomic E-state index is 12.3. The normalized spacial score (nSPS) is 13.2. The number of carbonyl (C=O) groups excluding carboxylic acids is 3. The molecule has 2 aromatic rings. The molecule has 5 nitrogen and oxygen atoms in total. The summed E-state index contributed by atoms with van der Waals surface area (Å²) in [5.41, 5.74) is 2.84. The molecule has 1 N–H and O–H groups in total. The Hall–Kier alpha value is -2.95. The van der Waals surface area contributed by atoms with Crippen LogP contribution in [0.4, 0.5) is 5.69 Å². The van der Waals surface area contributed by atoms with E-state index in [0.717, 1.165) is 12.1 Å². The van der Waals surface area contributed by atoms with Gasteiger partial charge in [-0.1, -0.05) is 38.1 Å². The van der Waals surface area contributed by atoms with Crippen molar-refractivity contribution in [1.82, 2.24) is 4.90 Å². The summed E-state index contributed by atoms with van der Waals surface area (Å²) in [4.78, 5) is 38.0. The SMILES string of the molecule is CC(C)Cc1cccc(NC(=O)CCCN2C(=O)c3ccccc3C2=O)c1. The molecule has 0 fully saturated rings. The molecular formula is C22H24N2O3. The number of hydrogen-bond acceptors (Lipinski definition) is 3. The zero-order valence-corrected chi connectivity index (χ0v) is 15.7. The number of carbonyl (C=O) groups is 3.